The summed E-state index contributed by atoms with van der Waals surface area (Å²) in [7, 11) is 1.83. The third kappa shape index (κ3) is 5.46. The van der Waals surface area contributed by atoms with Crippen LogP contribution in [0.4, 0.5) is 5.69 Å². The minimum Gasteiger partial charge on any atom is -0.325 e. The number of pyridine rings is 1. The monoisotopic (exact) mass is 357 g/mol. The van der Waals surface area contributed by atoms with Crippen molar-refractivity contribution in [3.8, 4) is 0 Å². The fourth-order valence-electron chi connectivity index (χ4n) is 1.98. The molecule has 0 unspecified atom stereocenters. The van der Waals surface area contributed by atoms with Crippen molar-refractivity contribution in [3.05, 3.63) is 57.3 Å². The molecular formula is C15H14Cl3N3O. The number of rotatable bonds is 5. The number of aromatic nitrogens is 1. The van der Waals surface area contributed by atoms with E-state index in [1.807, 2.05) is 11.9 Å². The van der Waals surface area contributed by atoms with Gasteiger partial charge in [0.15, 0.2) is 0 Å². The highest BCUT2D eigenvalue weighted by molar-refractivity contribution is 6.32. The van der Waals surface area contributed by atoms with E-state index in [2.05, 4.69) is 10.3 Å². The minimum absolute atomic E-state index is 0.129. The van der Waals surface area contributed by atoms with E-state index in [1.54, 1.807) is 36.4 Å². The third-order valence-corrected chi connectivity index (χ3v) is 3.42. The van der Waals surface area contributed by atoms with Crippen LogP contribution in [0.15, 0.2) is 36.4 Å². The smallest absolute Gasteiger partial charge is 0.238 e. The maximum atomic E-state index is 12.0. The highest BCUT2D eigenvalue weighted by atomic mass is 35.5. The molecular weight excluding hydrogens is 345 g/mol. The number of halogens is 3. The summed E-state index contributed by atoms with van der Waals surface area (Å²) < 4.78 is 0. The summed E-state index contributed by atoms with van der Waals surface area (Å²) in [5, 5.41) is 4.03. The Morgan fingerprint density at radius 3 is 2.50 bits per heavy atom. The van der Waals surface area contributed by atoms with E-state index >= 15 is 0 Å². The van der Waals surface area contributed by atoms with E-state index in [0.29, 0.717) is 27.6 Å². The first-order valence-corrected chi connectivity index (χ1v) is 7.62. The average molecular weight is 359 g/mol. The van der Waals surface area contributed by atoms with Gasteiger partial charge in [0.2, 0.25) is 5.91 Å². The minimum atomic E-state index is -0.129. The number of hydrogen-bond donors (Lipinski definition) is 1. The lowest BCUT2D eigenvalue weighted by Crippen LogP contribution is -2.29. The summed E-state index contributed by atoms with van der Waals surface area (Å²) in [6, 6.07) is 10.5. The van der Waals surface area contributed by atoms with Gasteiger partial charge in [0.05, 0.1) is 6.54 Å². The Balaban J connectivity index is 1.91. The lowest BCUT2D eigenvalue weighted by Gasteiger charge is -2.16. The van der Waals surface area contributed by atoms with Crippen LogP contribution in [-0.4, -0.2) is 29.4 Å². The van der Waals surface area contributed by atoms with Crippen LogP contribution < -0.4 is 5.32 Å². The van der Waals surface area contributed by atoms with Gasteiger partial charge in [-0.1, -0.05) is 40.9 Å². The molecule has 1 amide bonds. The molecule has 0 aliphatic heterocycles. The lowest BCUT2D eigenvalue weighted by molar-refractivity contribution is -0.117. The summed E-state index contributed by atoms with van der Waals surface area (Å²) in [6.07, 6.45) is 0. The molecule has 0 aliphatic carbocycles. The molecule has 22 heavy (non-hydrogen) atoms. The molecule has 0 saturated heterocycles. The summed E-state index contributed by atoms with van der Waals surface area (Å²) in [6.45, 7) is 0.759. The molecule has 1 aromatic heterocycles. The number of carbonyl (C=O) groups is 1. The molecule has 4 nitrogen and oxygen atoms in total. The predicted molar refractivity (Wildman–Crippen MR) is 90.7 cm³/mol. The molecule has 0 spiro atoms. The van der Waals surface area contributed by atoms with E-state index in [4.69, 9.17) is 34.8 Å². The van der Waals surface area contributed by atoms with E-state index in [9.17, 15) is 4.79 Å². The fraction of sp³-hybridized carbons (Fsp3) is 0.200. The first-order chi connectivity index (χ1) is 10.4. The number of carbonyl (C=O) groups excluding carboxylic acids is 1. The molecule has 0 saturated carbocycles. The van der Waals surface area contributed by atoms with Crippen molar-refractivity contribution in [1.82, 2.24) is 9.88 Å². The molecule has 2 aromatic rings. The first-order valence-electron chi connectivity index (χ1n) is 6.48. The summed E-state index contributed by atoms with van der Waals surface area (Å²) in [4.78, 5) is 17.7. The molecule has 1 heterocycles. The van der Waals surface area contributed by atoms with Gasteiger partial charge < -0.3 is 5.32 Å². The van der Waals surface area contributed by atoms with Gasteiger partial charge in [0.25, 0.3) is 0 Å². The van der Waals surface area contributed by atoms with Gasteiger partial charge in [-0.2, -0.15) is 0 Å². The Labute approximate surface area is 144 Å². The summed E-state index contributed by atoms with van der Waals surface area (Å²) in [5.41, 5.74) is 1.56. The molecule has 0 fully saturated rings. The van der Waals surface area contributed by atoms with E-state index in [-0.39, 0.29) is 12.5 Å². The first kappa shape index (κ1) is 17.0. The molecule has 0 atom stereocenters. The Morgan fingerprint density at radius 2 is 1.86 bits per heavy atom. The maximum Gasteiger partial charge on any atom is 0.238 e. The predicted octanol–water partition coefficient (Wildman–Crippen LogP) is 4.11. The number of anilines is 1. The van der Waals surface area contributed by atoms with Gasteiger partial charge in [-0.15, -0.1) is 0 Å². The van der Waals surface area contributed by atoms with E-state index < -0.39 is 0 Å². The fourth-order valence-corrected chi connectivity index (χ4v) is 2.68. The lowest BCUT2D eigenvalue weighted by atomic mass is 10.2. The van der Waals surface area contributed by atoms with E-state index in [1.165, 1.54) is 0 Å². The molecule has 1 N–H and O–H groups in total. The molecule has 116 valence electrons. The second-order valence-corrected chi connectivity index (χ2v) is 6.06. The van der Waals surface area contributed by atoms with Gasteiger partial charge >= 0.3 is 0 Å². The van der Waals surface area contributed by atoms with E-state index in [0.717, 1.165) is 5.56 Å². The highest BCUT2D eigenvalue weighted by Gasteiger charge is 2.09. The quantitative estimate of drug-likeness (QED) is 0.818. The van der Waals surface area contributed by atoms with Crippen molar-refractivity contribution in [2.24, 2.45) is 0 Å². The number of likely N-dealkylation sites (N-methyl/N-ethyl adjacent to an activating group) is 1. The van der Waals surface area contributed by atoms with Crippen LogP contribution in [-0.2, 0) is 11.3 Å². The largest absolute Gasteiger partial charge is 0.325 e. The maximum absolute atomic E-state index is 12.0. The zero-order valence-corrected chi connectivity index (χ0v) is 14.1. The third-order valence-electron chi connectivity index (χ3n) is 2.80. The van der Waals surface area contributed by atoms with Crippen LogP contribution in [0.3, 0.4) is 0 Å². The SMILES string of the molecule is CN(CC(=O)Nc1cccc(Cl)c1)Cc1cc(Cl)nc(Cl)c1. The van der Waals surface area contributed by atoms with Crippen molar-refractivity contribution in [3.63, 3.8) is 0 Å². The van der Waals surface area contributed by atoms with Gasteiger partial charge in [-0.3, -0.25) is 9.69 Å². The van der Waals surface area contributed by atoms with Crippen LogP contribution >= 0.6 is 34.8 Å². The number of benzene rings is 1. The van der Waals surface area contributed by atoms with Crippen molar-refractivity contribution in [2.75, 3.05) is 18.9 Å². The Bertz CT molecular complexity index is 659. The molecule has 0 radical (unpaired) electrons. The van der Waals surface area contributed by atoms with Crippen LogP contribution in [0, 0.1) is 0 Å². The average Bonchev–Trinajstić information content (AvgIpc) is 2.36. The molecule has 2 rings (SSSR count). The topological polar surface area (TPSA) is 45.2 Å². The Hall–Kier alpha value is -1.33. The van der Waals surface area contributed by atoms with Crippen molar-refractivity contribution >= 4 is 46.4 Å². The number of nitrogens with zero attached hydrogens (tertiary/aromatic N) is 2. The Morgan fingerprint density at radius 1 is 1.18 bits per heavy atom. The van der Waals surface area contributed by atoms with Crippen LogP contribution in [0.1, 0.15) is 5.56 Å². The zero-order chi connectivity index (χ0) is 16.1. The van der Waals surface area contributed by atoms with Gasteiger partial charge in [-0.25, -0.2) is 4.98 Å². The summed E-state index contributed by atoms with van der Waals surface area (Å²) in [5.74, 6) is -0.129. The zero-order valence-electron chi connectivity index (χ0n) is 11.8. The Kier molecular flexibility index (Phi) is 6.03. The highest BCUT2D eigenvalue weighted by Crippen LogP contribution is 2.16. The van der Waals surface area contributed by atoms with Gasteiger partial charge in [0, 0.05) is 17.3 Å². The molecule has 1 aromatic carbocycles. The van der Waals surface area contributed by atoms with Crippen LogP contribution in [0.5, 0.6) is 0 Å². The van der Waals surface area contributed by atoms with Crippen LogP contribution in [0.2, 0.25) is 15.3 Å². The van der Waals surface area contributed by atoms with Gasteiger partial charge in [0.1, 0.15) is 10.3 Å². The number of amides is 1. The molecule has 0 aliphatic rings. The normalized spacial score (nSPS) is 10.8. The van der Waals surface area contributed by atoms with Crippen LogP contribution in [0.25, 0.3) is 0 Å². The standard InChI is InChI=1S/C15H14Cl3N3O/c1-21(8-10-5-13(17)20-14(18)6-10)9-15(22)19-12-4-2-3-11(16)7-12/h2-7H,8-9H2,1H3,(H,19,22). The van der Waals surface area contributed by atoms with Crippen molar-refractivity contribution < 1.29 is 4.79 Å². The van der Waals surface area contributed by atoms with Crippen molar-refractivity contribution in [1.29, 1.82) is 0 Å². The molecule has 7 heteroatoms. The second-order valence-electron chi connectivity index (χ2n) is 4.85. The van der Waals surface area contributed by atoms with Crippen molar-refractivity contribution in [2.45, 2.75) is 6.54 Å². The molecule has 0 bridgehead atoms. The number of nitrogens with one attached hydrogen (secondary N) is 1. The number of hydrogen-bond acceptors (Lipinski definition) is 3. The second kappa shape index (κ2) is 7.79. The summed E-state index contributed by atoms with van der Waals surface area (Å²) >= 11 is 17.6. The van der Waals surface area contributed by atoms with Gasteiger partial charge in [-0.05, 0) is 42.9 Å².